The number of halogens is 2. The summed E-state index contributed by atoms with van der Waals surface area (Å²) >= 11 is 5.48. The highest BCUT2D eigenvalue weighted by molar-refractivity contribution is 7.82. The number of thiazole rings is 1. The summed E-state index contributed by atoms with van der Waals surface area (Å²) in [6.45, 7) is 3.41. The first kappa shape index (κ1) is 23.4. The number of thiol groups is 1. The van der Waals surface area contributed by atoms with Gasteiger partial charge in [0.05, 0.1) is 10.4 Å². The number of aliphatic hydroxyl groups is 1. The highest BCUT2D eigenvalue weighted by atomic mass is 32.2. The smallest absolute Gasteiger partial charge is 0.280 e. The average molecular weight is 419 g/mol. The molecular weight excluding hydrogens is 394 g/mol. The minimum absolute atomic E-state index is 0.264. The molecule has 27 heavy (non-hydrogen) atoms. The van der Waals surface area contributed by atoms with Crippen molar-refractivity contribution in [3.63, 3.8) is 0 Å². The maximum Gasteiger partial charge on any atom is 0.280 e. The Morgan fingerprint density at radius 2 is 2.07 bits per heavy atom. The van der Waals surface area contributed by atoms with Gasteiger partial charge in [-0.2, -0.15) is 0 Å². The van der Waals surface area contributed by atoms with Crippen molar-refractivity contribution in [2.75, 3.05) is 12.4 Å². The van der Waals surface area contributed by atoms with Crippen molar-refractivity contribution in [2.45, 2.75) is 49.3 Å². The average Bonchev–Trinajstić information content (AvgIpc) is 3.26. The molecule has 0 aromatic carbocycles. The number of hydrogen-bond acceptors (Lipinski definition) is 7. The summed E-state index contributed by atoms with van der Waals surface area (Å²) < 4.78 is 25.8. The third-order valence-corrected chi connectivity index (χ3v) is 5.03. The molecule has 0 aliphatic heterocycles. The van der Waals surface area contributed by atoms with E-state index in [0.29, 0.717) is 29.2 Å². The number of nitrogens with one attached hydrogen (secondary N) is 1. The van der Waals surface area contributed by atoms with E-state index < -0.39 is 12.0 Å². The number of carbonyl (C=O) groups is 1. The number of alkyl halides is 2. The van der Waals surface area contributed by atoms with Crippen molar-refractivity contribution in [1.29, 1.82) is 0 Å². The van der Waals surface area contributed by atoms with Gasteiger partial charge in [0.2, 0.25) is 6.41 Å². The number of aromatic nitrogens is 2. The predicted octanol–water partition coefficient (Wildman–Crippen LogP) is 3.31. The second-order valence-corrected chi connectivity index (χ2v) is 7.81. The predicted molar refractivity (Wildman–Crippen MR) is 106 cm³/mol. The van der Waals surface area contributed by atoms with Gasteiger partial charge in [0.25, 0.3) is 6.43 Å². The molecule has 1 amide bonds. The fourth-order valence-electron chi connectivity index (χ4n) is 2.42. The molecule has 4 N–H and O–H groups in total. The van der Waals surface area contributed by atoms with E-state index in [1.165, 1.54) is 24.5 Å². The maximum absolute atomic E-state index is 12.5. The van der Waals surface area contributed by atoms with Gasteiger partial charge in [0, 0.05) is 11.4 Å². The van der Waals surface area contributed by atoms with Gasteiger partial charge in [0.1, 0.15) is 16.3 Å². The molecule has 0 spiro atoms. The molecule has 0 bridgehead atoms. The van der Waals surface area contributed by atoms with Crippen LogP contribution >= 0.6 is 24.0 Å². The highest BCUT2D eigenvalue weighted by Crippen LogP contribution is 2.31. The van der Waals surface area contributed by atoms with Crippen LogP contribution in [0.5, 0.6) is 0 Å². The lowest BCUT2D eigenvalue weighted by molar-refractivity contribution is -0.105. The molecule has 0 atom stereocenters. The largest absolute Gasteiger partial charge is 0.383 e. The number of carbonyl (C=O) groups excluding carboxylic acids is 1. The SMILES string of the molecule is CC(C)(O)c1ncc(S)s1.CN.O=CNc1cc(C(F)F)nc2c1CCC2. The van der Waals surface area contributed by atoms with E-state index in [0.717, 1.165) is 22.6 Å². The molecule has 6 nitrogen and oxygen atoms in total. The molecule has 1 aliphatic carbocycles. The van der Waals surface area contributed by atoms with Gasteiger partial charge < -0.3 is 16.2 Å². The number of fused-ring (bicyclic) bond motifs is 1. The van der Waals surface area contributed by atoms with Gasteiger partial charge in [-0.25, -0.2) is 13.8 Å². The zero-order valence-corrected chi connectivity index (χ0v) is 17.1. The van der Waals surface area contributed by atoms with Gasteiger partial charge in [-0.05, 0) is 51.8 Å². The van der Waals surface area contributed by atoms with Gasteiger partial charge in [-0.1, -0.05) is 0 Å². The lowest BCUT2D eigenvalue weighted by atomic mass is 10.1. The lowest BCUT2D eigenvalue weighted by Crippen LogP contribution is -2.14. The van der Waals surface area contributed by atoms with Gasteiger partial charge >= 0.3 is 0 Å². The molecule has 0 fully saturated rings. The Kier molecular flexibility index (Phi) is 9.23. The minimum atomic E-state index is -2.59. The summed E-state index contributed by atoms with van der Waals surface area (Å²) in [5.74, 6) is 0. The van der Waals surface area contributed by atoms with E-state index in [4.69, 9.17) is 0 Å². The van der Waals surface area contributed by atoms with Crippen molar-refractivity contribution in [3.8, 4) is 0 Å². The summed E-state index contributed by atoms with van der Waals surface area (Å²) in [5.41, 5.74) is 5.47. The Morgan fingerprint density at radius 3 is 2.52 bits per heavy atom. The van der Waals surface area contributed by atoms with Crippen LogP contribution in [0.1, 0.15) is 48.7 Å². The minimum Gasteiger partial charge on any atom is -0.383 e. The Hall–Kier alpha value is -1.62. The van der Waals surface area contributed by atoms with E-state index in [9.17, 15) is 18.7 Å². The summed E-state index contributed by atoms with van der Waals surface area (Å²) in [5, 5.41) is 12.6. The number of hydrogen-bond donors (Lipinski definition) is 4. The van der Waals surface area contributed by atoms with E-state index in [1.807, 2.05) is 0 Å². The topological polar surface area (TPSA) is 101 Å². The van der Waals surface area contributed by atoms with Crippen LogP contribution in [0.3, 0.4) is 0 Å². The number of pyridine rings is 1. The van der Waals surface area contributed by atoms with Crippen molar-refractivity contribution < 1.29 is 18.7 Å². The first-order valence-electron chi connectivity index (χ1n) is 8.18. The number of nitrogens with zero attached hydrogens (tertiary/aromatic N) is 2. The summed E-state index contributed by atoms with van der Waals surface area (Å²) in [6, 6.07) is 1.25. The first-order chi connectivity index (χ1) is 12.7. The second-order valence-electron chi connectivity index (χ2n) is 6.00. The van der Waals surface area contributed by atoms with Crippen LogP contribution in [0.2, 0.25) is 0 Å². The van der Waals surface area contributed by atoms with Crippen LogP contribution in [-0.4, -0.2) is 28.5 Å². The van der Waals surface area contributed by atoms with Crippen molar-refractivity contribution in [2.24, 2.45) is 5.73 Å². The number of amides is 1. The molecule has 2 heterocycles. The van der Waals surface area contributed by atoms with Crippen LogP contribution in [0.4, 0.5) is 14.5 Å². The summed E-state index contributed by atoms with van der Waals surface area (Å²) in [4.78, 5) is 18.2. The first-order valence-corrected chi connectivity index (χ1v) is 9.45. The fraction of sp³-hybridized carbons (Fsp3) is 0.471. The summed E-state index contributed by atoms with van der Waals surface area (Å²) in [7, 11) is 1.50. The quantitative estimate of drug-likeness (QED) is 0.451. The maximum atomic E-state index is 12.5. The monoisotopic (exact) mass is 418 g/mol. The van der Waals surface area contributed by atoms with E-state index in [2.05, 4.69) is 33.6 Å². The zero-order valence-electron chi connectivity index (χ0n) is 15.4. The molecule has 1 aliphatic rings. The van der Waals surface area contributed by atoms with E-state index >= 15 is 0 Å². The third kappa shape index (κ3) is 6.80. The van der Waals surface area contributed by atoms with Crippen LogP contribution in [0, 0.1) is 0 Å². The molecule has 2 aromatic rings. The number of nitrogens with two attached hydrogens (primary N) is 1. The van der Waals surface area contributed by atoms with Crippen molar-refractivity contribution in [1.82, 2.24) is 9.97 Å². The Morgan fingerprint density at radius 1 is 1.41 bits per heavy atom. The van der Waals surface area contributed by atoms with Crippen LogP contribution in [0.15, 0.2) is 16.5 Å². The molecule has 0 saturated carbocycles. The van der Waals surface area contributed by atoms with Gasteiger partial charge in [0.15, 0.2) is 0 Å². The van der Waals surface area contributed by atoms with Crippen LogP contribution in [-0.2, 0) is 23.2 Å². The zero-order chi connectivity index (χ0) is 20.6. The molecule has 0 saturated heterocycles. The molecule has 3 rings (SSSR count). The Balaban J connectivity index is 0.000000265. The molecule has 0 radical (unpaired) electrons. The molecule has 0 unspecified atom stereocenters. The number of anilines is 1. The normalized spacial score (nSPS) is 12.5. The van der Waals surface area contributed by atoms with Gasteiger partial charge in [-0.3, -0.25) is 9.78 Å². The Labute approximate surface area is 166 Å². The second kappa shape index (κ2) is 10.6. The fourth-order valence-corrected chi connectivity index (χ4v) is 3.39. The van der Waals surface area contributed by atoms with Crippen molar-refractivity contribution >= 4 is 36.1 Å². The summed E-state index contributed by atoms with van der Waals surface area (Å²) in [6.07, 6.45) is 1.96. The molecule has 10 heteroatoms. The highest BCUT2D eigenvalue weighted by Gasteiger charge is 2.21. The van der Waals surface area contributed by atoms with Gasteiger partial charge in [-0.15, -0.1) is 24.0 Å². The number of rotatable bonds is 4. The molecule has 150 valence electrons. The third-order valence-electron chi connectivity index (χ3n) is 3.52. The van der Waals surface area contributed by atoms with E-state index in [1.54, 1.807) is 20.0 Å². The van der Waals surface area contributed by atoms with E-state index in [-0.39, 0.29) is 5.69 Å². The molecule has 2 aromatic heterocycles. The lowest BCUT2D eigenvalue weighted by Gasteiger charge is -2.11. The Bertz CT molecular complexity index is 749. The standard InChI is InChI=1S/C10H10F2N2O.C6H9NOS2.CH5N/c11-10(12)9-4-8(13-5-15)6-2-1-3-7(6)14-9;1-6(2,8)5-7-3-4(9)10-5;1-2/h4-5,10H,1-3H2,(H,13,14,15);3,8-9H,1-2H3;2H2,1H3. The number of aryl methyl sites for hydroxylation is 1. The van der Waals surface area contributed by atoms with Crippen LogP contribution < -0.4 is 11.1 Å². The molecular formula is C17H24F2N4O2S2. The van der Waals surface area contributed by atoms with Crippen LogP contribution in [0.25, 0.3) is 0 Å². The van der Waals surface area contributed by atoms with Crippen molar-refractivity contribution in [3.05, 3.63) is 34.2 Å².